The molecule has 0 aromatic heterocycles. The van der Waals surface area contributed by atoms with Gasteiger partial charge in [-0.15, -0.1) is 0 Å². The molecule has 32 heavy (non-hydrogen) atoms. The fourth-order valence-electron chi connectivity index (χ4n) is 3.56. The third-order valence-electron chi connectivity index (χ3n) is 5.17. The van der Waals surface area contributed by atoms with Crippen LogP contribution >= 0.6 is 0 Å². The van der Waals surface area contributed by atoms with Gasteiger partial charge in [-0.1, -0.05) is 0 Å². The average molecular weight is 462 g/mol. The fraction of sp³-hybridized carbons (Fsp3) is 0.526. The molecule has 0 spiro atoms. The number of ether oxygens (including phenoxy) is 1. The maximum atomic E-state index is 14.8. The van der Waals surface area contributed by atoms with Crippen LogP contribution in [0.3, 0.4) is 0 Å². The van der Waals surface area contributed by atoms with Crippen LogP contribution in [0.25, 0.3) is 0 Å². The zero-order chi connectivity index (χ0) is 23.4. The lowest BCUT2D eigenvalue weighted by molar-refractivity contribution is -0.137. The average Bonchev–Trinajstić information content (AvgIpc) is 2.95. The van der Waals surface area contributed by atoms with E-state index in [-0.39, 0.29) is 50.5 Å². The highest BCUT2D eigenvalue weighted by atomic mass is 19.3. The molecule has 2 aliphatic rings. The van der Waals surface area contributed by atoms with Gasteiger partial charge in [0, 0.05) is 38.2 Å². The van der Waals surface area contributed by atoms with Crippen LogP contribution in [-0.2, 0) is 14.3 Å². The summed E-state index contributed by atoms with van der Waals surface area (Å²) >= 11 is 0. The number of nitrogens with one attached hydrogen (secondary N) is 1. The molecule has 2 saturated heterocycles. The van der Waals surface area contributed by atoms with Crippen molar-refractivity contribution in [3.8, 4) is 0 Å². The molecule has 1 atom stereocenters. The normalized spacial score (nSPS) is 19.4. The maximum Gasteiger partial charge on any atom is 0.414 e. The monoisotopic (exact) mass is 462 g/mol. The van der Waals surface area contributed by atoms with Gasteiger partial charge in [-0.25, -0.2) is 27.8 Å². The van der Waals surface area contributed by atoms with E-state index in [2.05, 4.69) is 5.43 Å². The van der Waals surface area contributed by atoms with E-state index in [1.165, 1.54) is 9.91 Å². The molecule has 0 saturated carbocycles. The Morgan fingerprint density at radius 2 is 1.88 bits per heavy atom. The van der Waals surface area contributed by atoms with Crippen LogP contribution in [0, 0.1) is 11.6 Å². The van der Waals surface area contributed by atoms with E-state index >= 15 is 0 Å². The first-order valence-corrected chi connectivity index (χ1v) is 9.89. The molecule has 0 unspecified atom stereocenters. The summed E-state index contributed by atoms with van der Waals surface area (Å²) in [4.78, 5) is 37.1. The molecule has 9 nitrogen and oxygen atoms in total. The molecule has 2 fully saturated rings. The van der Waals surface area contributed by atoms with Gasteiger partial charge in [0.15, 0.2) is 17.4 Å². The molecule has 1 aromatic carbocycles. The van der Waals surface area contributed by atoms with E-state index in [0.717, 1.165) is 17.0 Å². The van der Waals surface area contributed by atoms with E-state index in [4.69, 9.17) is 9.84 Å². The molecule has 2 amide bonds. The van der Waals surface area contributed by atoms with Crippen molar-refractivity contribution in [3.63, 3.8) is 0 Å². The van der Waals surface area contributed by atoms with Crippen LogP contribution in [0.1, 0.15) is 12.8 Å². The summed E-state index contributed by atoms with van der Waals surface area (Å²) < 4.78 is 59.3. The molecule has 2 aliphatic heterocycles. The minimum absolute atomic E-state index is 0.0808. The number of Topliss-reactive ketones (excluding diaryl/α,β-unsaturated/α-hetero) is 1. The van der Waals surface area contributed by atoms with Crippen molar-refractivity contribution in [2.24, 2.45) is 0 Å². The Bertz CT molecular complexity index is 864. The number of cyclic esters (lactones) is 1. The molecular formula is C19H22F4N4O5. The molecule has 3 rings (SSSR count). The first-order chi connectivity index (χ1) is 15.2. The maximum absolute atomic E-state index is 14.8. The second kappa shape index (κ2) is 10.1. The van der Waals surface area contributed by atoms with Crippen LogP contribution in [0.15, 0.2) is 12.1 Å². The van der Waals surface area contributed by atoms with Crippen LogP contribution in [0.2, 0.25) is 0 Å². The van der Waals surface area contributed by atoms with Gasteiger partial charge < -0.3 is 14.7 Å². The van der Waals surface area contributed by atoms with Crippen molar-refractivity contribution in [1.82, 2.24) is 10.4 Å². The Labute approximate surface area is 180 Å². The Hall–Kier alpha value is -2.93. The number of benzene rings is 1. The van der Waals surface area contributed by atoms with E-state index in [0.29, 0.717) is 0 Å². The van der Waals surface area contributed by atoms with Crippen molar-refractivity contribution in [3.05, 3.63) is 23.8 Å². The smallest absolute Gasteiger partial charge is 0.414 e. The van der Waals surface area contributed by atoms with E-state index in [9.17, 15) is 31.9 Å². The number of halogens is 4. The Morgan fingerprint density at radius 3 is 2.50 bits per heavy atom. The number of carbonyl (C=O) groups is 3. The predicted molar refractivity (Wildman–Crippen MR) is 103 cm³/mol. The zero-order valence-corrected chi connectivity index (χ0v) is 16.9. The van der Waals surface area contributed by atoms with Gasteiger partial charge in [-0.3, -0.25) is 19.5 Å². The number of anilines is 2. The van der Waals surface area contributed by atoms with Gasteiger partial charge in [0.25, 0.3) is 12.3 Å². The van der Waals surface area contributed by atoms with E-state index in [1.54, 1.807) is 0 Å². The zero-order valence-electron chi connectivity index (χ0n) is 16.9. The lowest BCUT2D eigenvalue weighted by atomic mass is 10.1. The van der Waals surface area contributed by atoms with Gasteiger partial charge >= 0.3 is 6.09 Å². The van der Waals surface area contributed by atoms with Gasteiger partial charge in [0.05, 0.1) is 18.8 Å². The van der Waals surface area contributed by atoms with Crippen LogP contribution in [0.5, 0.6) is 0 Å². The minimum atomic E-state index is -3.11. The number of aliphatic hydroxyl groups excluding tert-OH is 1. The summed E-state index contributed by atoms with van der Waals surface area (Å²) in [6.45, 7) is -0.291. The van der Waals surface area contributed by atoms with Crippen LogP contribution in [0.4, 0.5) is 33.7 Å². The number of hydrazine groups is 1. The largest absolute Gasteiger partial charge is 0.444 e. The van der Waals surface area contributed by atoms with Crippen LogP contribution < -0.4 is 15.2 Å². The number of aliphatic hydroxyl groups is 1. The number of nitrogens with zero attached hydrogens (tertiary/aromatic N) is 3. The van der Waals surface area contributed by atoms with E-state index < -0.39 is 55.0 Å². The van der Waals surface area contributed by atoms with Crippen LogP contribution in [-0.4, -0.2) is 79.8 Å². The summed E-state index contributed by atoms with van der Waals surface area (Å²) in [7, 11) is 0. The number of hydrogen-bond acceptors (Lipinski definition) is 7. The highest BCUT2D eigenvalue weighted by molar-refractivity contribution is 5.90. The van der Waals surface area contributed by atoms with E-state index in [1.807, 2.05) is 0 Å². The van der Waals surface area contributed by atoms with Gasteiger partial charge in [0.1, 0.15) is 18.4 Å². The minimum Gasteiger partial charge on any atom is -0.444 e. The second-order valence-corrected chi connectivity index (χ2v) is 7.28. The summed E-state index contributed by atoms with van der Waals surface area (Å²) in [5, 5.41) is 10.1. The number of rotatable bonds is 7. The summed E-state index contributed by atoms with van der Waals surface area (Å²) in [5.74, 6) is -3.72. The SMILES string of the molecule is O=C(CC[C@H]1CN(c2cc(F)c(N3CCNN(C(=O)CO)CC3)c(F)c2)C(=O)O1)C(F)F. The number of alkyl halides is 2. The molecule has 13 heteroatoms. The molecule has 176 valence electrons. The molecule has 2 N–H and O–H groups in total. The van der Waals surface area contributed by atoms with Gasteiger partial charge in [0.2, 0.25) is 0 Å². The molecule has 2 heterocycles. The highest BCUT2D eigenvalue weighted by Gasteiger charge is 2.34. The first kappa shape index (κ1) is 23.7. The molecule has 0 bridgehead atoms. The third-order valence-corrected chi connectivity index (χ3v) is 5.17. The topological polar surface area (TPSA) is 102 Å². The number of hydrogen-bond donors (Lipinski definition) is 2. The Morgan fingerprint density at radius 1 is 1.19 bits per heavy atom. The number of amides is 2. The van der Waals surface area contributed by atoms with Crippen molar-refractivity contribution < 1.29 is 41.8 Å². The molecular weight excluding hydrogens is 440 g/mol. The second-order valence-electron chi connectivity index (χ2n) is 7.28. The van der Waals surface area contributed by atoms with Gasteiger partial charge in [-0.2, -0.15) is 0 Å². The lowest BCUT2D eigenvalue weighted by Crippen LogP contribution is -2.45. The predicted octanol–water partition coefficient (Wildman–Crippen LogP) is 1.05. The van der Waals surface area contributed by atoms with Crippen molar-refractivity contribution in [1.29, 1.82) is 0 Å². The van der Waals surface area contributed by atoms with Crippen molar-refractivity contribution >= 4 is 29.2 Å². The summed E-state index contributed by atoms with van der Waals surface area (Å²) in [6, 6.07) is 1.92. The number of ketones is 1. The summed E-state index contributed by atoms with van der Waals surface area (Å²) in [6.07, 6.45) is -5.48. The highest BCUT2D eigenvalue weighted by Crippen LogP contribution is 2.31. The van der Waals surface area contributed by atoms with Gasteiger partial charge in [-0.05, 0) is 6.42 Å². The third kappa shape index (κ3) is 5.27. The van der Waals surface area contributed by atoms with Crippen molar-refractivity contribution in [2.75, 3.05) is 49.1 Å². The quantitative estimate of drug-likeness (QED) is 0.584. The number of carbonyl (C=O) groups excluding carboxylic acids is 3. The fourth-order valence-corrected chi connectivity index (χ4v) is 3.56. The molecule has 1 aromatic rings. The first-order valence-electron chi connectivity index (χ1n) is 9.89. The molecule has 0 aliphatic carbocycles. The lowest BCUT2D eigenvalue weighted by Gasteiger charge is -2.25. The molecule has 0 radical (unpaired) electrons. The standard InChI is InChI=1S/C19H22F4N4O5/c20-13-7-11(26-9-12(32-19(26)31)1-2-15(29)18(22)23)8-14(21)17(13)25-4-3-24-27(6-5-25)16(30)10-28/h7-8,12,18,24,28H,1-6,9-10H2/t12-/m0/s1. The van der Waals surface area contributed by atoms with Crippen molar-refractivity contribution in [2.45, 2.75) is 25.4 Å². The summed E-state index contributed by atoms with van der Waals surface area (Å²) in [5.41, 5.74) is 2.32. The Balaban J connectivity index is 1.70. The Kier molecular flexibility index (Phi) is 7.51.